The number of rotatable bonds is 3. The third-order valence-corrected chi connectivity index (χ3v) is 4.43. The van der Waals surface area contributed by atoms with Crippen molar-refractivity contribution in [2.24, 2.45) is 0 Å². The maximum atomic E-state index is 11.8. The minimum absolute atomic E-state index is 0.0680. The summed E-state index contributed by atoms with van der Waals surface area (Å²) in [6, 6.07) is 15.8. The highest BCUT2D eigenvalue weighted by atomic mass is 33.1. The minimum Gasteiger partial charge on any atom is -0.315 e. The summed E-state index contributed by atoms with van der Waals surface area (Å²) in [6.07, 6.45) is 2.03. The SMILES string of the molecule is CC(=O)c1ccccc1-n1cc(SS)c2ccccc21. The number of hydrogen-bond acceptors (Lipinski definition) is 3. The molecule has 1 heterocycles. The number of ketones is 1. The average molecular weight is 299 g/mol. The van der Waals surface area contributed by atoms with E-state index in [0.29, 0.717) is 0 Å². The molecule has 0 saturated carbocycles. The van der Waals surface area contributed by atoms with Crippen molar-refractivity contribution in [1.82, 2.24) is 4.57 Å². The Morgan fingerprint density at radius 2 is 1.80 bits per heavy atom. The van der Waals surface area contributed by atoms with Crippen LogP contribution < -0.4 is 0 Å². The number of hydrogen-bond donors (Lipinski definition) is 1. The van der Waals surface area contributed by atoms with Crippen LogP contribution in [-0.4, -0.2) is 10.4 Å². The van der Waals surface area contributed by atoms with E-state index in [1.54, 1.807) is 6.92 Å². The number of para-hydroxylation sites is 2. The van der Waals surface area contributed by atoms with Gasteiger partial charge in [0.05, 0.1) is 11.2 Å². The second-order valence-electron chi connectivity index (χ2n) is 4.55. The zero-order valence-electron chi connectivity index (χ0n) is 10.9. The van der Waals surface area contributed by atoms with Crippen LogP contribution in [-0.2, 0) is 0 Å². The van der Waals surface area contributed by atoms with E-state index in [0.717, 1.165) is 27.0 Å². The van der Waals surface area contributed by atoms with Crippen molar-refractivity contribution in [1.29, 1.82) is 0 Å². The predicted molar refractivity (Wildman–Crippen MR) is 88.1 cm³/mol. The molecule has 0 bridgehead atoms. The number of fused-ring (bicyclic) bond motifs is 1. The largest absolute Gasteiger partial charge is 0.315 e. The van der Waals surface area contributed by atoms with Crippen LogP contribution >= 0.6 is 22.5 Å². The van der Waals surface area contributed by atoms with Gasteiger partial charge in [-0.25, -0.2) is 0 Å². The highest BCUT2D eigenvalue weighted by molar-refractivity contribution is 8.68. The van der Waals surface area contributed by atoms with Gasteiger partial charge >= 0.3 is 0 Å². The van der Waals surface area contributed by atoms with Crippen LogP contribution in [0.4, 0.5) is 0 Å². The molecule has 2 aromatic carbocycles. The summed E-state index contributed by atoms with van der Waals surface area (Å²) in [5.41, 5.74) is 2.71. The number of thiol groups is 1. The monoisotopic (exact) mass is 299 g/mol. The standard InChI is InChI=1S/C16H13NOS2/c1-11(18)12-6-2-4-8-14(12)17-10-16(20-19)13-7-3-5-9-15(13)17/h2-10,19H,1H3. The van der Waals surface area contributed by atoms with Crippen molar-refractivity contribution in [3.63, 3.8) is 0 Å². The predicted octanol–water partition coefficient (Wildman–Crippen LogP) is 4.77. The van der Waals surface area contributed by atoms with Gasteiger partial charge < -0.3 is 4.57 Å². The maximum absolute atomic E-state index is 11.8. The van der Waals surface area contributed by atoms with Crippen molar-refractivity contribution in [3.8, 4) is 5.69 Å². The second-order valence-corrected chi connectivity index (χ2v) is 5.72. The van der Waals surface area contributed by atoms with E-state index in [1.165, 1.54) is 10.8 Å². The van der Waals surface area contributed by atoms with Crippen LogP contribution in [0.2, 0.25) is 0 Å². The molecule has 0 radical (unpaired) electrons. The Hall–Kier alpha value is -1.65. The molecule has 3 aromatic rings. The summed E-state index contributed by atoms with van der Waals surface area (Å²) in [6.45, 7) is 1.60. The van der Waals surface area contributed by atoms with Gasteiger partial charge in [-0.15, -0.1) is 11.7 Å². The molecule has 0 amide bonds. The lowest BCUT2D eigenvalue weighted by Gasteiger charge is -2.09. The Kier molecular flexibility index (Phi) is 3.59. The first-order valence-electron chi connectivity index (χ1n) is 6.24. The van der Waals surface area contributed by atoms with Gasteiger partial charge in [-0.2, -0.15) is 0 Å². The molecule has 0 unspecified atom stereocenters. The highest BCUT2D eigenvalue weighted by Crippen LogP contribution is 2.34. The average Bonchev–Trinajstić information content (AvgIpc) is 2.86. The number of aromatic nitrogens is 1. The molecule has 20 heavy (non-hydrogen) atoms. The summed E-state index contributed by atoms with van der Waals surface area (Å²) in [5, 5.41) is 1.14. The Labute approximate surface area is 126 Å². The molecular weight excluding hydrogens is 286 g/mol. The van der Waals surface area contributed by atoms with Crippen molar-refractivity contribution in [2.45, 2.75) is 11.8 Å². The van der Waals surface area contributed by atoms with Gasteiger partial charge in [-0.3, -0.25) is 4.79 Å². The lowest BCUT2D eigenvalue weighted by molar-refractivity contribution is 0.101. The van der Waals surface area contributed by atoms with Crippen molar-refractivity contribution >= 4 is 39.1 Å². The van der Waals surface area contributed by atoms with Crippen LogP contribution in [0.5, 0.6) is 0 Å². The fraction of sp³-hybridized carbons (Fsp3) is 0.0625. The fourth-order valence-electron chi connectivity index (χ4n) is 2.40. The van der Waals surface area contributed by atoms with E-state index in [2.05, 4.69) is 28.4 Å². The van der Waals surface area contributed by atoms with Gasteiger partial charge in [0.2, 0.25) is 0 Å². The van der Waals surface area contributed by atoms with Crippen LogP contribution in [0.1, 0.15) is 17.3 Å². The molecule has 2 nitrogen and oxygen atoms in total. The molecule has 3 rings (SSSR count). The maximum Gasteiger partial charge on any atom is 0.161 e. The topological polar surface area (TPSA) is 22.0 Å². The second kappa shape index (κ2) is 5.38. The molecule has 100 valence electrons. The third-order valence-electron chi connectivity index (χ3n) is 3.32. The summed E-state index contributed by atoms with van der Waals surface area (Å²) in [4.78, 5) is 12.9. The quantitative estimate of drug-likeness (QED) is 0.427. The van der Waals surface area contributed by atoms with Gasteiger partial charge in [-0.1, -0.05) is 41.1 Å². The van der Waals surface area contributed by atoms with Gasteiger partial charge in [0.1, 0.15) is 0 Å². The summed E-state index contributed by atoms with van der Waals surface area (Å²) in [5.74, 6) is 0.0680. The Morgan fingerprint density at radius 1 is 1.10 bits per heavy atom. The van der Waals surface area contributed by atoms with E-state index in [-0.39, 0.29) is 5.78 Å². The number of nitrogens with zero attached hydrogens (tertiary/aromatic N) is 1. The van der Waals surface area contributed by atoms with Crippen LogP contribution in [0.25, 0.3) is 16.6 Å². The third kappa shape index (κ3) is 2.15. The molecule has 0 atom stereocenters. The molecule has 1 aromatic heterocycles. The van der Waals surface area contributed by atoms with E-state index in [1.807, 2.05) is 42.6 Å². The smallest absolute Gasteiger partial charge is 0.161 e. The summed E-state index contributed by atoms with van der Waals surface area (Å²) in [7, 11) is 1.42. The summed E-state index contributed by atoms with van der Waals surface area (Å²) < 4.78 is 2.06. The van der Waals surface area contributed by atoms with Crippen molar-refractivity contribution < 1.29 is 4.79 Å². The Morgan fingerprint density at radius 3 is 2.55 bits per heavy atom. The number of Topliss-reactive ketones (excluding diaryl/α,β-unsaturated/α-hetero) is 1. The van der Waals surface area contributed by atoms with Gasteiger partial charge in [0, 0.05) is 22.0 Å². The minimum atomic E-state index is 0.0680. The zero-order chi connectivity index (χ0) is 14.1. The molecule has 0 fully saturated rings. The normalized spacial score (nSPS) is 10.9. The molecule has 0 N–H and O–H groups in total. The molecule has 0 aliphatic heterocycles. The lowest BCUT2D eigenvalue weighted by Crippen LogP contribution is -2.02. The van der Waals surface area contributed by atoms with Crippen LogP contribution in [0, 0.1) is 0 Å². The van der Waals surface area contributed by atoms with Crippen molar-refractivity contribution in [3.05, 3.63) is 60.3 Å². The van der Waals surface area contributed by atoms with E-state index < -0.39 is 0 Å². The van der Waals surface area contributed by atoms with Gasteiger partial charge in [0.15, 0.2) is 5.78 Å². The highest BCUT2D eigenvalue weighted by Gasteiger charge is 2.13. The zero-order valence-corrected chi connectivity index (χ0v) is 12.6. The first-order valence-corrected chi connectivity index (χ1v) is 8.11. The Balaban J connectivity index is 2.33. The molecule has 0 aliphatic carbocycles. The van der Waals surface area contributed by atoms with E-state index >= 15 is 0 Å². The molecular formula is C16H13NOS2. The van der Waals surface area contributed by atoms with E-state index in [4.69, 9.17) is 0 Å². The molecule has 0 aliphatic rings. The molecule has 0 saturated heterocycles. The van der Waals surface area contributed by atoms with Gasteiger partial charge in [0.25, 0.3) is 0 Å². The fourth-order valence-corrected chi connectivity index (χ4v) is 3.26. The first kappa shape index (κ1) is 13.3. The van der Waals surface area contributed by atoms with Crippen molar-refractivity contribution in [2.75, 3.05) is 0 Å². The van der Waals surface area contributed by atoms with Gasteiger partial charge in [-0.05, 0) is 25.1 Å². The molecule has 0 spiro atoms. The molecule has 4 heteroatoms. The Bertz CT molecular complexity index is 792. The number of carbonyl (C=O) groups excluding carboxylic acids is 1. The number of carbonyl (C=O) groups is 1. The lowest BCUT2D eigenvalue weighted by atomic mass is 10.1. The first-order chi connectivity index (χ1) is 9.72. The summed E-state index contributed by atoms with van der Waals surface area (Å²) >= 11 is 4.31. The van der Waals surface area contributed by atoms with Crippen LogP contribution in [0.15, 0.2) is 59.6 Å². The van der Waals surface area contributed by atoms with E-state index in [9.17, 15) is 4.79 Å². The number of benzene rings is 2. The van der Waals surface area contributed by atoms with Crippen LogP contribution in [0.3, 0.4) is 0 Å².